The van der Waals surface area contributed by atoms with Crippen molar-refractivity contribution < 1.29 is 24.2 Å². The number of ether oxygens (including phenoxy) is 1. The van der Waals surface area contributed by atoms with Crippen molar-refractivity contribution >= 4 is 23.7 Å². The molecule has 0 aliphatic carbocycles. The lowest BCUT2D eigenvalue weighted by atomic mass is 10.1. The summed E-state index contributed by atoms with van der Waals surface area (Å²) in [5.74, 6) is -1.00. The number of nitrogens with zero attached hydrogens (tertiary/aromatic N) is 2. The summed E-state index contributed by atoms with van der Waals surface area (Å²) in [5.41, 5.74) is 2.63. The van der Waals surface area contributed by atoms with Crippen molar-refractivity contribution in [1.29, 1.82) is 0 Å². The third-order valence-electron chi connectivity index (χ3n) is 4.89. The van der Waals surface area contributed by atoms with E-state index in [4.69, 9.17) is 9.84 Å². The van der Waals surface area contributed by atoms with Gasteiger partial charge >= 0.3 is 12.1 Å². The van der Waals surface area contributed by atoms with Gasteiger partial charge in [-0.05, 0) is 23.3 Å². The quantitative estimate of drug-likeness (QED) is 0.722. The van der Waals surface area contributed by atoms with Crippen LogP contribution in [0.5, 0.6) is 0 Å². The van der Waals surface area contributed by atoms with E-state index in [9.17, 15) is 14.4 Å². The Hall–Kier alpha value is -3.55. The average Bonchev–Trinajstić information content (AvgIpc) is 2.77. The molecule has 2 amide bonds. The molecular weight excluding hydrogens is 386 g/mol. The van der Waals surface area contributed by atoms with Crippen LogP contribution < -0.4 is 10.2 Å². The van der Waals surface area contributed by atoms with Gasteiger partial charge in [-0.25, -0.2) is 4.79 Å². The van der Waals surface area contributed by atoms with E-state index in [2.05, 4.69) is 10.2 Å². The van der Waals surface area contributed by atoms with Gasteiger partial charge < -0.3 is 25.0 Å². The molecule has 0 radical (unpaired) electrons. The number of hydrogen-bond donors (Lipinski definition) is 2. The second-order valence-electron chi connectivity index (χ2n) is 7.02. The van der Waals surface area contributed by atoms with Crippen LogP contribution in [0, 0.1) is 0 Å². The second-order valence-corrected chi connectivity index (χ2v) is 7.02. The number of carboxylic acids is 1. The van der Waals surface area contributed by atoms with Crippen LogP contribution >= 0.6 is 0 Å². The molecule has 158 valence electrons. The van der Waals surface area contributed by atoms with Crippen molar-refractivity contribution in [1.82, 2.24) is 10.2 Å². The predicted molar refractivity (Wildman–Crippen MR) is 111 cm³/mol. The molecule has 2 aromatic rings. The Bertz CT molecular complexity index is 862. The third-order valence-corrected chi connectivity index (χ3v) is 4.89. The first-order valence-corrected chi connectivity index (χ1v) is 9.79. The van der Waals surface area contributed by atoms with Crippen molar-refractivity contribution in [3.63, 3.8) is 0 Å². The summed E-state index contributed by atoms with van der Waals surface area (Å²) in [6.45, 7) is 2.50. The number of carbonyl (C=O) groups excluding carboxylic acids is 2. The van der Waals surface area contributed by atoms with E-state index in [-0.39, 0.29) is 25.5 Å². The lowest BCUT2D eigenvalue weighted by molar-refractivity contribution is -0.136. The SMILES string of the molecule is O=C(O)Cc1ccc(N2CCN(C(=O)CNC(=O)OCc3ccccc3)CC2)cc1. The molecule has 1 aliphatic heterocycles. The summed E-state index contributed by atoms with van der Waals surface area (Å²) in [6, 6.07) is 16.8. The molecule has 1 fully saturated rings. The van der Waals surface area contributed by atoms with E-state index in [1.807, 2.05) is 54.6 Å². The number of alkyl carbamates (subject to hydrolysis) is 1. The smallest absolute Gasteiger partial charge is 0.407 e. The number of piperazine rings is 1. The molecule has 2 aromatic carbocycles. The third kappa shape index (κ3) is 6.23. The Morgan fingerprint density at radius 3 is 2.20 bits per heavy atom. The van der Waals surface area contributed by atoms with Gasteiger partial charge in [-0.15, -0.1) is 0 Å². The van der Waals surface area contributed by atoms with Crippen LogP contribution in [-0.2, 0) is 27.4 Å². The van der Waals surface area contributed by atoms with E-state index in [1.165, 1.54) is 0 Å². The van der Waals surface area contributed by atoms with Gasteiger partial charge in [-0.3, -0.25) is 9.59 Å². The first kappa shape index (κ1) is 21.2. The molecular formula is C22H25N3O5. The first-order valence-electron chi connectivity index (χ1n) is 9.79. The number of aliphatic carboxylic acids is 1. The van der Waals surface area contributed by atoms with Gasteiger partial charge in [-0.1, -0.05) is 42.5 Å². The van der Waals surface area contributed by atoms with Gasteiger partial charge in [0.1, 0.15) is 13.2 Å². The maximum Gasteiger partial charge on any atom is 0.407 e. The van der Waals surface area contributed by atoms with Crippen molar-refractivity contribution in [3.8, 4) is 0 Å². The number of anilines is 1. The number of amides is 2. The highest BCUT2D eigenvalue weighted by atomic mass is 16.5. The summed E-state index contributed by atoms with van der Waals surface area (Å²) < 4.78 is 5.11. The number of benzene rings is 2. The zero-order chi connectivity index (χ0) is 21.3. The Morgan fingerprint density at radius 2 is 1.57 bits per heavy atom. The molecule has 0 aromatic heterocycles. The number of hydrogen-bond acceptors (Lipinski definition) is 5. The summed E-state index contributed by atoms with van der Waals surface area (Å²) >= 11 is 0. The molecule has 1 saturated heterocycles. The minimum atomic E-state index is -0.854. The minimum Gasteiger partial charge on any atom is -0.481 e. The molecule has 0 atom stereocenters. The lowest BCUT2D eigenvalue weighted by Crippen LogP contribution is -2.51. The molecule has 8 nitrogen and oxygen atoms in total. The fraction of sp³-hybridized carbons (Fsp3) is 0.318. The fourth-order valence-corrected chi connectivity index (χ4v) is 3.25. The monoisotopic (exact) mass is 411 g/mol. The number of nitrogens with one attached hydrogen (secondary N) is 1. The first-order chi connectivity index (χ1) is 14.5. The van der Waals surface area contributed by atoms with Crippen LogP contribution in [0.4, 0.5) is 10.5 Å². The minimum absolute atomic E-state index is 0.00332. The standard InChI is InChI=1S/C22H25N3O5/c26-20(15-23-22(29)30-16-18-4-2-1-3-5-18)25-12-10-24(11-13-25)19-8-6-17(7-9-19)14-21(27)28/h1-9H,10-16H2,(H,23,29)(H,27,28). The molecule has 30 heavy (non-hydrogen) atoms. The number of rotatable bonds is 7. The zero-order valence-corrected chi connectivity index (χ0v) is 16.6. The highest BCUT2D eigenvalue weighted by molar-refractivity contribution is 5.82. The normalized spacial score (nSPS) is 13.6. The van der Waals surface area contributed by atoms with E-state index in [1.54, 1.807) is 4.90 Å². The molecule has 0 spiro atoms. The number of carboxylic acid groups (broad SMARTS) is 1. The van der Waals surface area contributed by atoms with E-state index < -0.39 is 12.1 Å². The largest absolute Gasteiger partial charge is 0.481 e. The van der Waals surface area contributed by atoms with E-state index in [0.717, 1.165) is 16.8 Å². The van der Waals surface area contributed by atoms with Gasteiger partial charge in [-0.2, -0.15) is 0 Å². The Labute approximate surface area is 175 Å². The lowest BCUT2D eigenvalue weighted by Gasteiger charge is -2.36. The van der Waals surface area contributed by atoms with E-state index >= 15 is 0 Å². The summed E-state index contributed by atoms with van der Waals surface area (Å²) in [5, 5.41) is 11.3. The molecule has 2 N–H and O–H groups in total. The predicted octanol–water partition coefficient (Wildman–Crippen LogP) is 1.89. The average molecular weight is 411 g/mol. The molecule has 0 saturated carbocycles. The molecule has 0 bridgehead atoms. The highest BCUT2D eigenvalue weighted by Gasteiger charge is 2.21. The van der Waals surface area contributed by atoms with Crippen LogP contribution in [0.15, 0.2) is 54.6 Å². The summed E-state index contributed by atoms with van der Waals surface area (Å²) in [4.78, 5) is 38.8. The van der Waals surface area contributed by atoms with E-state index in [0.29, 0.717) is 26.2 Å². The van der Waals surface area contributed by atoms with Crippen LogP contribution in [0.25, 0.3) is 0 Å². The van der Waals surface area contributed by atoms with Gasteiger partial charge in [0.2, 0.25) is 5.91 Å². The van der Waals surface area contributed by atoms with Crippen molar-refractivity contribution in [2.75, 3.05) is 37.6 Å². The fourth-order valence-electron chi connectivity index (χ4n) is 3.25. The molecule has 0 unspecified atom stereocenters. The highest BCUT2D eigenvalue weighted by Crippen LogP contribution is 2.17. The molecule has 1 heterocycles. The van der Waals surface area contributed by atoms with Gasteiger partial charge in [0, 0.05) is 31.9 Å². The van der Waals surface area contributed by atoms with Gasteiger partial charge in [0.25, 0.3) is 0 Å². The van der Waals surface area contributed by atoms with Crippen molar-refractivity contribution in [3.05, 3.63) is 65.7 Å². The Kier molecular flexibility index (Phi) is 7.26. The summed E-state index contributed by atoms with van der Waals surface area (Å²) in [7, 11) is 0. The topological polar surface area (TPSA) is 99.2 Å². The van der Waals surface area contributed by atoms with Crippen LogP contribution in [0.3, 0.4) is 0 Å². The van der Waals surface area contributed by atoms with Gasteiger partial charge in [0.05, 0.1) is 6.42 Å². The van der Waals surface area contributed by atoms with Crippen LogP contribution in [-0.4, -0.2) is 60.7 Å². The van der Waals surface area contributed by atoms with Crippen molar-refractivity contribution in [2.45, 2.75) is 13.0 Å². The number of carbonyl (C=O) groups is 3. The molecule has 8 heteroatoms. The second kappa shape index (κ2) is 10.3. The maximum absolute atomic E-state index is 12.3. The van der Waals surface area contributed by atoms with Gasteiger partial charge in [0.15, 0.2) is 0 Å². The molecule has 3 rings (SSSR count). The Morgan fingerprint density at radius 1 is 0.900 bits per heavy atom. The van der Waals surface area contributed by atoms with Crippen LogP contribution in [0.1, 0.15) is 11.1 Å². The molecule has 1 aliphatic rings. The van der Waals surface area contributed by atoms with Crippen LogP contribution in [0.2, 0.25) is 0 Å². The summed E-state index contributed by atoms with van der Waals surface area (Å²) in [6.07, 6.45) is -0.615. The Balaban J connectivity index is 1.38. The zero-order valence-electron chi connectivity index (χ0n) is 16.6. The van der Waals surface area contributed by atoms with Crippen molar-refractivity contribution in [2.24, 2.45) is 0 Å². The maximum atomic E-state index is 12.3.